The van der Waals surface area contributed by atoms with Crippen LogP contribution in [0.5, 0.6) is 0 Å². The van der Waals surface area contributed by atoms with E-state index in [9.17, 15) is 4.39 Å². The molecule has 0 bridgehead atoms. The first-order chi connectivity index (χ1) is 6.07. The summed E-state index contributed by atoms with van der Waals surface area (Å²) in [5.41, 5.74) is 0.582. The Hall–Kier alpha value is 0.0200. The number of benzene rings is 1. The lowest BCUT2D eigenvalue weighted by molar-refractivity contribution is 0.447. The van der Waals surface area contributed by atoms with Crippen LogP contribution in [0.1, 0.15) is 18.4 Å². The fraction of sp³-hybridized carbons (Fsp3) is 0.333. The molecule has 1 aromatic rings. The summed E-state index contributed by atoms with van der Waals surface area (Å²) in [5, 5.41) is 1.21. The van der Waals surface area contributed by atoms with Crippen molar-refractivity contribution < 1.29 is 4.39 Å². The fourth-order valence-corrected chi connectivity index (χ4v) is 1.98. The number of halogens is 4. The van der Waals surface area contributed by atoms with E-state index in [0.29, 0.717) is 20.6 Å². The molecule has 0 fully saturated rings. The normalized spacial score (nSPS) is 13.0. The molecular weight excluding hydrogens is 233 g/mol. The van der Waals surface area contributed by atoms with Crippen LogP contribution < -0.4 is 0 Å². The van der Waals surface area contributed by atoms with Gasteiger partial charge in [0.05, 0.1) is 16.7 Å². The van der Waals surface area contributed by atoms with Crippen molar-refractivity contribution in [3.63, 3.8) is 0 Å². The Morgan fingerprint density at radius 2 is 1.77 bits per heavy atom. The molecule has 1 unspecified atom stereocenters. The summed E-state index contributed by atoms with van der Waals surface area (Å²) < 4.78 is 12.4. The lowest BCUT2D eigenvalue weighted by Gasteiger charge is -2.12. The highest BCUT2D eigenvalue weighted by Gasteiger charge is 2.15. The lowest BCUT2D eigenvalue weighted by atomic mass is 10.0. The van der Waals surface area contributed by atoms with E-state index >= 15 is 0 Å². The predicted octanol–water partition coefficient (Wildman–Crippen LogP) is 4.72. The molecule has 0 spiro atoms. The molecule has 4 heteroatoms. The molecule has 0 saturated heterocycles. The molecule has 0 N–H and O–H groups in total. The second-order valence-electron chi connectivity index (χ2n) is 2.81. The molecule has 1 atom stereocenters. The van der Waals surface area contributed by atoms with Crippen LogP contribution in [0.3, 0.4) is 0 Å². The van der Waals surface area contributed by atoms with Crippen LogP contribution in [0.4, 0.5) is 4.39 Å². The van der Waals surface area contributed by atoms with Gasteiger partial charge >= 0.3 is 0 Å². The molecule has 0 aliphatic heterocycles. The summed E-state index contributed by atoms with van der Waals surface area (Å²) >= 11 is 17.5. The number of hydrogen-bond donors (Lipinski definition) is 0. The van der Waals surface area contributed by atoms with Crippen molar-refractivity contribution >= 4 is 34.8 Å². The Bertz CT molecular complexity index is 312. The number of alkyl halides is 1. The van der Waals surface area contributed by atoms with Crippen LogP contribution >= 0.6 is 34.8 Å². The first-order valence-corrected chi connectivity index (χ1v) is 4.90. The molecule has 72 valence electrons. The molecule has 0 aromatic heterocycles. The summed E-state index contributed by atoms with van der Waals surface area (Å²) in [6, 6.07) is 3.22. The summed E-state index contributed by atoms with van der Waals surface area (Å²) in [7, 11) is 0. The van der Waals surface area contributed by atoms with Crippen molar-refractivity contribution in [1.29, 1.82) is 0 Å². The van der Waals surface area contributed by atoms with Crippen molar-refractivity contribution in [2.24, 2.45) is 0 Å². The highest BCUT2D eigenvalue weighted by molar-refractivity contribution is 6.44. The van der Waals surface area contributed by atoms with Gasteiger partial charge in [0.1, 0.15) is 0 Å². The van der Waals surface area contributed by atoms with Crippen molar-refractivity contribution in [2.75, 3.05) is 6.67 Å². The Morgan fingerprint density at radius 1 is 1.23 bits per heavy atom. The highest BCUT2D eigenvalue weighted by Crippen LogP contribution is 2.36. The summed E-state index contributed by atoms with van der Waals surface area (Å²) in [5.74, 6) is -0.321. The van der Waals surface area contributed by atoms with Gasteiger partial charge in [-0.3, -0.25) is 4.39 Å². The average Bonchev–Trinajstić information content (AvgIpc) is 2.12. The number of rotatable bonds is 2. The standard InChI is InChI=1S/C9H8Cl3F/c1-5(4-13)8-6(10)2-3-7(11)9(8)12/h2-3,5H,4H2,1H3. The molecule has 0 amide bonds. The van der Waals surface area contributed by atoms with E-state index in [1.165, 1.54) is 0 Å². The molecule has 1 aromatic carbocycles. The Balaban J connectivity index is 3.25. The summed E-state index contributed by atoms with van der Waals surface area (Å²) in [6.45, 7) is 1.21. The van der Waals surface area contributed by atoms with Crippen molar-refractivity contribution in [3.05, 3.63) is 32.8 Å². The van der Waals surface area contributed by atoms with E-state index in [1.807, 2.05) is 0 Å². The highest BCUT2D eigenvalue weighted by atomic mass is 35.5. The Kier molecular flexibility index (Phi) is 3.84. The average molecular weight is 242 g/mol. The Labute approximate surface area is 91.6 Å². The quantitative estimate of drug-likeness (QED) is 0.657. The van der Waals surface area contributed by atoms with Crippen LogP contribution in [-0.4, -0.2) is 6.67 Å². The second kappa shape index (κ2) is 4.50. The van der Waals surface area contributed by atoms with Gasteiger partial charge in [-0.15, -0.1) is 0 Å². The van der Waals surface area contributed by atoms with Gasteiger partial charge in [-0.1, -0.05) is 41.7 Å². The van der Waals surface area contributed by atoms with E-state index in [2.05, 4.69) is 0 Å². The molecule has 0 aliphatic rings. The van der Waals surface area contributed by atoms with Gasteiger partial charge in [-0.25, -0.2) is 0 Å². The van der Waals surface area contributed by atoms with Gasteiger partial charge in [0.2, 0.25) is 0 Å². The van der Waals surface area contributed by atoms with Gasteiger partial charge in [-0.2, -0.15) is 0 Å². The molecule has 0 saturated carbocycles. The zero-order valence-corrected chi connectivity index (χ0v) is 9.22. The first kappa shape index (κ1) is 11.1. The molecule has 0 heterocycles. The van der Waals surface area contributed by atoms with E-state index in [1.54, 1.807) is 19.1 Å². The van der Waals surface area contributed by atoms with E-state index < -0.39 is 6.67 Å². The predicted molar refractivity (Wildman–Crippen MR) is 55.9 cm³/mol. The van der Waals surface area contributed by atoms with Crippen LogP contribution in [0.15, 0.2) is 12.1 Å². The van der Waals surface area contributed by atoms with Crippen molar-refractivity contribution in [3.8, 4) is 0 Å². The second-order valence-corrected chi connectivity index (χ2v) is 4.00. The van der Waals surface area contributed by atoms with Gasteiger partial charge in [0, 0.05) is 10.9 Å². The molecular formula is C9H8Cl3F. The van der Waals surface area contributed by atoms with Crippen LogP contribution in [0, 0.1) is 0 Å². The maximum absolute atomic E-state index is 12.4. The lowest BCUT2D eigenvalue weighted by Crippen LogP contribution is -1.98. The first-order valence-electron chi connectivity index (χ1n) is 3.77. The minimum Gasteiger partial charge on any atom is -0.250 e. The maximum atomic E-state index is 12.4. The third kappa shape index (κ3) is 2.28. The third-order valence-corrected chi connectivity index (χ3v) is 2.95. The minimum atomic E-state index is -0.500. The molecule has 0 radical (unpaired) electrons. The topological polar surface area (TPSA) is 0 Å². The van der Waals surface area contributed by atoms with E-state index in [-0.39, 0.29) is 5.92 Å². The summed E-state index contributed by atoms with van der Waals surface area (Å²) in [4.78, 5) is 0. The summed E-state index contributed by atoms with van der Waals surface area (Å²) in [6.07, 6.45) is 0. The monoisotopic (exact) mass is 240 g/mol. The molecule has 13 heavy (non-hydrogen) atoms. The van der Waals surface area contributed by atoms with Crippen molar-refractivity contribution in [2.45, 2.75) is 12.8 Å². The fourth-order valence-electron chi connectivity index (χ4n) is 1.07. The largest absolute Gasteiger partial charge is 0.250 e. The van der Waals surface area contributed by atoms with E-state index in [4.69, 9.17) is 34.8 Å². The third-order valence-electron chi connectivity index (χ3n) is 1.80. The smallest absolute Gasteiger partial charge is 0.0961 e. The SMILES string of the molecule is CC(CF)c1c(Cl)ccc(Cl)c1Cl. The van der Waals surface area contributed by atoms with Gasteiger partial charge < -0.3 is 0 Å². The van der Waals surface area contributed by atoms with Gasteiger partial charge in [-0.05, 0) is 17.7 Å². The molecule has 0 aliphatic carbocycles. The van der Waals surface area contributed by atoms with Gasteiger partial charge in [0.25, 0.3) is 0 Å². The zero-order valence-electron chi connectivity index (χ0n) is 6.95. The molecule has 0 nitrogen and oxygen atoms in total. The van der Waals surface area contributed by atoms with Crippen LogP contribution in [0.2, 0.25) is 15.1 Å². The minimum absolute atomic E-state index is 0.321. The molecule has 1 rings (SSSR count). The van der Waals surface area contributed by atoms with E-state index in [0.717, 1.165) is 0 Å². The van der Waals surface area contributed by atoms with Crippen LogP contribution in [-0.2, 0) is 0 Å². The Morgan fingerprint density at radius 3 is 2.31 bits per heavy atom. The number of hydrogen-bond acceptors (Lipinski definition) is 0. The zero-order chi connectivity index (χ0) is 10.0. The van der Waals surface area contributed by atoms with Gasteiger partial charge in [0.15, 0.2) is 0 Å². The van der Waals surface area contributed by atoms with Crippen LogP contribution in [0.25, 0.3) is 0 Å². The maximum Gasteiger partial charge on any atom is 0.0961 e. The van der Waals surface area contributed by atoms with Crippen molar-refractivity contribution in [1.82, 2.24) is 0 Å².